The van der Waals surface area contributed by atoms with Crippen LogP contribution in [-0.2, 0) is 0 Å². The Morgan fingerprint density at radius 1 is 1.42 bits per heavy atom. The fourth-order valence-corrected chi connectivity index (χ4v) is 1.54. The summed E-state index contributed by atoms with van der Waals surface area (Å²) in [6.45, 7) is 6.82. The van der Waals surface area contributed by atoms with Crippen molar-refractivity contribution in [2.75, 3.05) is 17.6 Å². The first-order chi connectivity index (χ1) is 9.08. The van der Waals surface area contributed by atoms with Gasteiger partial charge in [0.15, 0.2) is 5.75 Å². The number of nitrogens with two attached hydrogens (primary N) is 1. The summed E-state index contributed by atoms with van der Waals surface area (Å²) in [6, 6.07) is 1.98. The van der Waals surface area contributed by atoms with Crippen LogP contribution in [0.25, 0.3) is 0 Å². The number of nitrogens with zero attached hydrogens (tertiary/aromatic N) is 4. The molecule has 0 amide bonds. The Hall–Kier alpha value is -2.31. The van der Waals surface area contributed by atoms with E-state index in [0.29, 0.717) is 17.4 Å². The standard InChI is InChI=1S/C12H18N6O/c1-4-14-10-5-11(17-12(13)16-10)19-9-6-15-18(7-9)8(2)3/h5-8H,4H2,1-3H3,(H3,13,14,16,17). The van der Waals surface area contributed by atoms with Crippen molar-refractivity contribution in [3.8, 4) is 11.6 Å². The molecule has 3 N–H and O–H groups in total. The number of hydrogen-bond acceptors (Lipinski definition) is 6. The van der Waals surface area contributed by atoms with Gasteiger partial charge in [-0.05, 0) is 20.8 Å². The molecule has 0 aromatic carbocycles. The molecule has 0 atom stereocenters. The predicted octanol–water partition coefficient (Wildman–Crippen LogP) is 2.06. The highest BCUT2D eigenvalue weighted by Crippen LogP contribution is 2.22. The first-order valence-corrected chi connectivity index (χ1v) is 6.19. The number of hydrogen-bond donors (Lipinski definition) is 2. The van der Waals surface area contributed by atoms with Gasteiger partial charge in [-0.25, -0.2) is 0 Å². The second-order valence-electron chi connectivity index (χ2n) is 4.33. The van der Waals surface area contributed by atoms with Gasteiger partial charge in [-0.15, -0.1) is 0 Å². The van der Waals surface area contributed by atoms with Crippen molar-refractivity contribution in [3.05, 3.63) is 18.5 Å². The largest absolute Gasteiger partial charge is 0.435 e. The highest BCUT2D eigenvalue weighted by Gasteiger charge is 2.07. The first kappa shape index (κ1) is 13.1. The van der Waals surface area contributed by atoms with Crippen molar-refractivity contribution >= 4 is 11.8 Å². The van der Waals surface area contributed by atoms with Gasteiger partial charge in [-0.3, -0.25) is 4.68 Å². The molecule has 0 unspecified atom stereocenters. The lowest BCUT2D eigenvalue weighted by Crippen LogP contribution is -2.04. The maximum Gasteiger partial charge on any atom is 0.226 e. The summed E-state index contributed by atoms with van der Waals surface area (Å²) in [5.41, 5.74) is 5.63. The van der Waals surface area contributed by atoms with Crippen molar-refractivity contribution in [3.63, 3.8) is 0 Å². The highest BCUT2D eigenvalue weighted by molar-refractivity contribution is 5.43. The van der Waals surface area contributed by atoms with Gasteiger partial charge < -0.3 is 15.8 Å². The minimum atomic E-state index is 0.171. The molecule has 0 aliphatic carbocycles. The van der Waals surface area contributed by atoms with Gasteiger partial charge in [0.05, 0.1) is 12.4 Å². The summed E-state index contributed by atoms with van der Waals surface area (Å²) in [5, 5.41) is 7.26. The van der Waals surface area contributed by atoms with Crippen molar-refractivity contribution in [1.82, 2.24) is 19.7 Å². The van der Waals surface area contributed by atoms with Gasteiger partial charge in [0.1, 0.15) is 5.82 Å². The molecule has 0 radical (unpaired) electrons. The average Bonchev–Trinajstić information content (AvgIpc) is 2.77. The maximum atomic E-state index is 5.63. The van der Waals surface area contributed by atoms with Crippen molar-refractivity contribution in [2.24, 2.45) is 0 Å². The molecule has 2 rings (SSSR count). The number of anilines is 2. The van der Waals surface area contributed by atoms with Crippen LogP contribution in [0.5, 0.6) is 11.6 Å². The normalized spacial score (nSPS) is 10.7. The lowest BCUT2D eigenvalue weighted by molar-refractivity contribution is 0.459. The predicted molar refractivity (Wildman–Crippen MR) is 73.3 cm³/mol. The number of nitrogens with one attached hydrogen (secondary N) is 1. The van der Waals surface area contributed by atoms with Gasteiger partial charge in [-0.1, -0.05) is 0 Å². The summed E-state index contributed by atoms with van der Waals surface area (Å²) in [4.78, 5) is 8.09. The zero-order valence-electron chi connectivity index (χ0n) is 11.3. The Kier molecular flexibility index (Phi) is 3.84. The molecule has 2 aromatic rings. The number of rotatable bonds is 5. The molecular weight excluding hydrogens is 244 g/mol. The first-order valence-electron chi connectivity index (χ1n) is 6.19. The molecule has 0 bridgehead atoms. The highest BCUT2D eigenvalue weighted by atomic mass is 16.5. The molecule has 0 fully saturated rings. The zero-order chi connectivity index (χ0) is 13.8. The van der Waals surface area contributed by atoms with Crippen LogP contribution in [-0.4, -0.2) is 26.3 Å². The van der Waals surface area contributed by atoms with Gasteiger partial charge in [0.2, 0.25) is 11.8 Å². The van der Waals surface area contributed by atoms with Crippen LogP contribution in [0.2, 0.25) is 0 Å². The minimum Gasteiger partial charge on any atom is -0.435 e. The molecule has 7 heteroatoms. The number of ether oxygens (including phenoxy) is 1. The number of nitrogen functional groups attached to an aromatic ring is 1. The van der Waals surface area contributed by atoms with Gasteiger partial charge in [0.25, 0.3) is 0 Å². The molecule has 0 saturated carbocycles. The molecule has 7 nitrogen and oxygen atoms in total. The van der Waals surface area contributed by atoms with Crippen LogP contribution < -0.4 is 15.8 Å². The van der Waals surface area contributed by atoms with E-state index in [-0.39, 0.29) is 12.0 Å². The zero-order valence-corrected chi connectivity index (χ0v) is 11.3. The SMILES string of the molecule is CCNc1cc(Oc2cnn(C(C)C)c2)nc(N)n1. The molecule has 0 aliphatic rings. The quantitative estimate of drug-likeness (QED) is 0.857. The molecule has 2 heterocycles. The van der Waals surface area contributed by atoms with Crippen LogP contribution in [0.3, 0.4) is 0 Å². The van der Waals surface area contributed by atoms with Gasteiger partial charge >= 0.3 is 0 Å². The molecule has 19 heavy (non-hydrogen) atoms. The Balaban J connectivity index is 2.17. The van der Waals surface area contributed by atoms with Crippen LogP contribution in [0, 0.1) is 0 Å². The second-order valence-corrected chi connectivity index (χ2v) is 4.33. The van der Waals surface area contributed by atoms with Crippen molar-refractivity contribution in [1.29, 1.82) is 0 Å². The summed E-state index contributed by atoms with van der Waals surface area (Å²) >= 11 is 0. The second kappa shape index (κ2) is 5.55. The molecule has 102 valence electrons. The van der Waals surface area contributed by atoms with Gasteiger partial charge in [0, 0.05) is 18.7 Å². The Labute approximate surface area is 111 Å². The van der Waals surface area contributed by atoms with E-state index in [9.17, 15) is 0 Å². The fourth-order valence-electron chi connectivity index (χ4n) is 1.54. The van der Waals surface area contributed by atoms with Crippen LogP contribution >= 0.6 is 0 Å². The Bertz CT molecular complexity index is 551. The van der Waals surface area contributed by atoms with E-state index in [2.05, 4.69) is 20.4 Å². The Morgan fingerprint density at radius 2 is 2.21 bits per heavy atom. The van der Waals surface area contributed by atoms with E-state index in [1.165, 1.54) is 0 Å². The van der Waals surface area contributed by atoms with Crippen LogP contribution in [0.4, 0.5) is 11.8 Å². The topological polar surface area (TPSA) is 90.9 Å². The molecular formula is C12H18N6O. The third-order valence-electron chi connectivity index (χ3n) is 2.41. The summed E-state index contributed by atoms with van der Waals surface area (Å²) in [6.07, 6.45) is 3.46. The molecule has 0 spiro atoms. The van der Waals surface area contributed by atoms with E-state index < -0.39 is 0 Å². The molecule has 0 saturated heterocycles. The summed E-state index contributed by atoms with van der Waals surface area (Å²) in [5.74, 6) is 1.83. The third kappa shape index (κ3) is 3.34. The summed E-state index contributed by atoms with van der Waals surface area (Å²) < 4.78 is 7.43. The Morgan fingerprint density at radius 3 is 2.84 bits per heavy atom. The summed E-state index contributed by atoms with van der Waals surface area (Å²) in [7, 11) is 0. The fraction of sp³-hybridized carbons (Fsp3) is 0.417. The third-order valence-corrected chi connectivity index (χ3v) is 2.41. The van der Waals surface area contributed by atoms with Gasteiger partial charge in [-0.2, -0.15) is 15.1 Å². The molecule has 0 aliphatic heterocycles. The van der Waals surface area contributed by atoms with Crippen molar-refractivity contribution < 1.29 is 4.74 Å². The molecule has 2 aromatic heterocycles. The lowest BCUT2D eigenvalue weighted by Gasteiger charge is -2.07. The van der Waals surface area contributed by atoms with Crippen LogP contribution in [0.1, 0.15) is 26.8 Å². The van der Waals surface area contributed by atoms with E-state index in [4.69, 9.17) is 10.5 Å². The maximum absolute atomic E-state index is 5.63. The van der Waals surface area contributed by atoms with Crippen molar-refractivity contribution in [2.45, 2.75) is 26.8 Å². The lowest BCUT2D eigenvalue weighted by atomic mass is 10.4. The van der Waals surface area contributed by atoms with E-state index in [1.54, 1.807) is 12.3 Å². The average molecular weight is 262 g/mol. The minimum absolute atomic E-state index is 0.171. The monoisotopic (exact) mass is 262 g/mol. The number of aromatic nitrogens is 4. The van der Waals surface area contributed by atoms with E-state index in [1.807, 2.05) is 31.6 Å². The smallest absolute Gasteiger partial charge is 0.226 e. The van der Waals surface area contributed by atoms with E-state index in [0.717, 1.165) is 6.54 Å². The van der Waals surface area contributed by atoms with Crippen LogP contribution in [0.15, 0.2) is 18.5 Å². The van der Waals surface area contributed by atoms with E-state index >= 15 is 0 Å².